The van der Waals surface area contributed by atoms with Crippen LogP contribution in [0.1, 0.15) is 37.0 Å². The summed E-state index contributed by atoms with van der Waals surface area (Å²) in [6.07, 6.45) is 6.10. The first-order chi connectivity index (χ1) is 11.1. The molecule has 1 unspecified atom stereocenters. The van der Waals surface area contributed by atoms with Crippen LogP contribution in [0.2, 0.25) is 0 Å². The van der Waals surface area contributed by atoms with E-state index in [1.165, 1.54) is 10.5 Å². The third kappa shape index (κ3) is 2.41. The maximum Gasteiger partial charge on any atom is 0.132 e. The van der Waals surface area contributed by atoms with Crippen molar-refractivity contribution in [1.29, 1.82) is 0 Å². The number of fused-ring (bicyclic) bond motifs is 1. The summed E-state index contributed by atoms with van der Waals surface area (Å²) in [6.45, 7) is 8.44. The first-order valence-corrected chi connectivity index (χ1v) is 8.91. The standard InChI is InChI=1S/C17H21N5S/c1-12-9-14(19-11-18-12)21-6-4-5-17(3,10-21)15-16-22(7-8-23-16)13(2)20-15/h7-9,11H,4-6,10H2,1-3H3. The molecule has 1 aliphatic heterocycles. The van der Waals surface area contributed by atoms with Gasteiger partial charge in [0.1, 0.15) is 22.8 Å². The monoisotopic (exact) mass is 327 g/mol. The van der Waals surface area contributed by atoms with Crippen LogP contribution in [0.5, 0.6) is 0 Å². The Labute approximate surface area is 140 Å². The number of aryl methyl sites for hydroxylation is 2. The molecule has 0 aliphatic carbocycles. The Morgan fingerprint density at radius 3 is 2.96 bits per heavy atom. The van der Waals surface area contributed by atoms with Gasteiger partial charge in [0.15, 0.2) is 0 Å². The van der Waals surface area contributed by atoms with E-state index in [-0.39, 0.29) is 5.41 Å². The summed E-state index contributed by atoms with van der Waals surface area (Å²) < 4.78 is 2.21. The molecule has 0 radical (unpaired) electrons. The van der Waals surface area contributed by atoms with Gasteiger partial charge in [-0.05, 0) is 26.7 Å². The molecule has 0 amide bonds. The van der Waals surface area contributed by atoms with E-state index in [1.54, 1.807) is 17.7 Å². The summed E-state index contributed by atoms with van der Waals surface area (Å²) >= 11 is 1.78. The predicted octanol–water partition coefficient (Wildman–Crippen LogP) is 3.36. The second-order valence-corrected chi connectivity index (χ2v) is 7.58. The number of piperidine rings is 1. The van der Waals surface area contributed by atoms with E-state index in [2.05, 4.69) is 50.8 Å². The van der Waals surface area contributed by atoms with Gasteiger partial charge in [0.2, 0.25) is 0 Å². The summed E-state index contributed by atoms with van der Waals surface area (Å²) in [6, 6.07) is 2.07. The number of nitrogens with zero attached hydrogens (tertiary/aromatic N) is 5. The molecule has 1 aliphatic rings. The third-order valence-electron chi connectivity index (χ3n) is 4.81. The van der Waals surface area contributed by atoms with Gasteiger partial charge in [0.25, 0.3) is 0 Å². The molecule has 0 N–H and O–H groups in total. The second-order valence-electron chi connectivity index (χ2n) is 6.69. The fourth-order valence-electron chi connectivity index (χ4n) is 3.60. The van der Waals surface area contributed by atoms with Crippen molar-refractivity contribution in [3.63, 3.8) is 0 Å². The maximum absolute atomic E-state index is 4.90. The molecule has 1 fully saturated rings. The fraction of sp³-hybridized carbons (Fsp3) is 0.471. The van der Waals surface area contributed by atoms with Crippen LogP contribution in [-0.2, 0) is 5.41 Å². The zero-order chi connectivity index (χ0) is 16.0. The number of rotatable bonds is 2. The summed E-state index contributed by atoms with van der Waals surface area (Å²) in [7, 11) is 0. The topological polar surface area (TPSA) is 46.3 Å². The minimum atomic E-state index is 0.0570. The highest BCUT2D eigenvalue weighted by atomic mass is 32.1. The van der Waals surface area contributed by atoms with Gasteiger partial charge in [0.05, 0.1) is 5.69 Å². The molecule has 1 atom stereocenters. The lowest BCUT2D eigenvalue weighted by molar-refractivity contribution is 0.367. The molecule has 6 heteroatoms. The Bertz CT molecular complexity index is 852. The molecule has 3 aromatic heterocycles. The Morgan fingerprint density at radius 1 is 1.26 bits per heavy atom. The molecule has 5 nitrogen and oxygen atoms in total. The van der Waals surface area contributed by atoms with Crippen LogP contribution in [0.25, 0.3) is 4.83 Å². The van der Waals surface area contributed by atoms with E-state index in [4.69, 9.17) is 4.98 Å². The van der Waals surface area contributed by atoms with Gasteiger partial charge < -0.3 is 4.90 Å². The third-order valence-corrected chi connectivity index (χ3v) is 5.69. The van der Waals surface area contributed by atoms with Crippen molar-refractivity contribution in [3.05, 3.63) is 41.2 Å². The second kappa shape index (κ2) is 5.30. The van der Waals surface area contributed by atoms with Crippen LogP contribution in [0, 0.1) is 13.8 Å². The average Bonchev–Trinajstić information content (AvgIpc) is 3.12. The maximum atomic E-state index is 4.90. The number of hydrogen-bond donors (Lipinski definition) is 0. The SMILES string of the molecule is Cc1cc(N2CCCC(C)(c3nc(C)n4ccsc34)C2)ncn1. The van der Waals surface area contributed by atoms with Crippen LogP contribution in [0.3, 0.4) is 0 Å². The summed E-state index contributed by atoms with van der Waals surface area (Å²) in [5.74, 6) is 2.11. The Kier molecular flexibility index (Phi) is 3.37. The lowest BCUT2D eigenvalue weighted by atomic mass is 9.79. The Hall–Kier alpha value is -1.95. The largest absolute Gasteiger partial charge is 0.356 e. The molecular weight excluding hydrogens is 306 g/mol. The molecular formula is C17H21N5S. The van der Waals surface area contributed by atoms with Gasteiger partial charge in [-0.15, -0.1) is 11.3 Å². The minimum Gasteiger partial charge on any atom is -0.356 e. The molecule has 3 aromatic rings. The van der Waals surface area contributed by atoms with Crippen molar-refractivity contribution in [1.82, 2.24) is 19.4 Å². The highest BCUT2D eigenvalue weighted by Gasteiger charge is 2.37. The molecule has 0 saturated carbocycles. The molecule has 23 heavy (non-hydrogen) atoms. The van der Waals surface area contributed by atoms with Gasteiger partial charge in [-0.3, -0.25) is 4.40 Å². The summed E-state index contributed by atoms with van der Waals surface area (Å²) in [5, 5.41) is 2.14. The quantitative estimate of drug-likeness (QED) is 0.724. The molecule has 1 saturated heterocycles. The van der Waals surface area contributed by atoms with Crippen molar-refractivity contribution >= 4 is 22.0 Å². The van der Waals surface area contributed by atoms with Gasteiger partial charge in [0, 0.05) is 41.8 Å². The van der Waals surface area contributed by atoms with Crippen LogP contribution in [0.4, 0.5) is 5.82 Å². The van der Waals surface area contributed by atoms with Gasteiger partial charge in [-0.25, -0.2) is 15.0 Å². The average molecular weight is 327 g/mol. The van der Waals surface area contributed by atoms with E-state index in [0.29, 0.717) is 0 Å². The van der Waals surface area contributed by atoms with Crippen LogP contribution in [0.15, 0.2) is 24.0 Å². The van der Waals surface area contributed by atoms with Crippen molar-refractivity contribution in [3.8, 4) is 0 Å². The first-order valence-electron chi connectivity index (χ1n) is 8.03. The lowest BCUT2D eigenvalue weighted by Gasteiger charge is -2.40. The summed E-state index contributed by atoms with van der Waals surface area (Å²) in [5.41, 5.74) is 2.31. The lowest BCUT2D eigenvalue weighted by Crippen LogP contribution is -2.45. The molecule has 4 heterocycles. The molecule has 0 spiro atoms. The van der Waals surface area contributed by atoms with E-state index in [0.717, 1.165) is 43.3 Å². The number of aromatic nitrogens is 4. The van der Waals surface area contributed by atoms with Crippen molar-refractivity contribution in [2.45, 2.75) is 39.0 Å². The zero-order valence-electron chi connectivity index (χ0n) is 13.8. The van der Waals surface area contributed by atoms with Crippen LogP contribution >= 0.6 is 11.3 Å². The highest BCUT2D eigenvalue weighted by molar-refractivity contribution is 7.15. The Morgan fingerprint density at radius 2 is 2.13 bits per heavy atom. The van der Waals surface area contributed by atoms with Crippen molar-refractivity contribution in [2.24, 2.45) is 0 Å². The van der Waals surface area contributed by atoms with E-state index < -0.39 is 0 Å². The molecule has 120 valence electrons. The number of thiazole rings is 1. The fourth-order valence-corrected chi connectivity index (χ4v) is 4.62. The van der Waals surface area contributed by atoms with E-state index in [1.807, 2.05) is 6.92 Å². The smallest absolute Gasteiger partial charge is 0.132 e. The van der Waals surface area contributed by atoms with E-state index in [9.17, 15) is 0 Å². The predicted molar refractivity (Wildman–Crippen MR) is 93.4 cm³/mol. The molecule has 4 rings (SSSR count). The highest BCUT2D eigenvalue weighted by Crippen LogP contribution is 2.38. The molecule has 0 bridgehead atoms. The van der Waals surface area contributed by atoms with Crippen LogP contribution in [-0.4, -0.2) is 32.4 Å². The number of hydrogen-bond acceptors (Lipinski definition) is 5. The summed E-state index contributed by atoms with van der Waals surface area (Å²) in [4.78, 5) is 17.3. The van der Waals surface area contributed by atoms with E-state index >= 15 is 0 Å². The number of anilines is 1. The Balaban J connectivity index is 1.72. The zero-order valence-corrected chi connectivity index (χ0v) is 14.6. The van der Waals surface area contributed by atoms with Gasteiger partial charge >= 0.3 is 0 Å². The normalized spacial score (nSPS) is 22.0. The van der Waals surface area contributed by atoms with Crippen molar-refractivity contribution < 1.29 is 0 Å². The van der Waals surface area contributed by atoms with Crippen LogP contribution < -0.4 is 4.90 Å². The van der Waals surface area contributed by atoms with Gasteiger partial charge in [-0.1, -0.05) is 6.92 Å². The van der Waals surface area contributed by atoms with Gasteiger partial charge in [-0.2, -0.15) is 0 Å². The molecule has 0 aromatic carbocycles. The number of imidazole rings is 1. The van der Waals surface area contributed by atoms with Crippen molar-refractivity contribution in [2.75, 3.05) is 18.0 Å². The minimum absolute atomic E-state index is 0.0570. The first kappa shape index (κ1) is 14.6.